The molecule has 0 aliphatic carbocycles. The van der Waals surface area contributed by atoms with E-state index < -0.39 is 0 Å². The molecule has 1 aromatic rings. The summed E-state index contributed by atoms with van der Waals surface area (Å²) in [4.78, 5) is 0. The van der Waals surface area contributed by atoms with Gasteiger partial charge in [-0.15, -0.1) is 10.2 Å². The van der Waals surface area contributed by atoms with E-state index in [0.717, 1.165) is 18.2 Å². The van der Waals surface area contributed by atoms with Gasteiger partial charge in [-0.2, -0.15) is 0 Å². The van der Waals surface area contributed by atoms with Crippen LogP contribution in [0.1, 0.15) is 18.6 Å². The number of hydrogen-bond donors (Lipinski definition) is 1. The molecule has 1 atom stereocenters. The highest BCUT2D eigenvalue weighted by atomic mass is 16.5. The summed E-state index contributed by atoms with van der Waals surface area (Å²) in [5.74, 6) is 1.77. The van der Waals surface area contributed by atoms with Gasteiger partial charge in [0.25, 0.3) is 0 Å². The van der Waals surface area contributed by atoms with Crippen molar-refractivity contribution >= 4 is 0 Å². The second kappa shape index (κ2) is 5.07. The summed E-state index contributed by atoms with van der Waals surface area (Å²) in [5, 5.41) is 11.0. The second-order valence-corrected chi connectivity index (χ2v) is 3.40. The van der Waals surface area contributed by atoms with Crippen molar-refractivity contribution in [2.45, 2.75) is 26.6 Å². The molecule has 80 valence electrons. The molecule has 1 heterocycles. The van der Waals surface area contributed by atoms with Crippen LogP contribution in [0.25, 0.3) is 0 Å². The van der Waals surface area contributed by atoms with E-state index in [4.69, 9.17) is 4.74 Å². The van der Waals surface area contributed by atoms with E-state index in [1.807, 2.05) is 32.5 Å². The summed E-state index contributed by atoms with van der Waals surface area (Å²) >= 11 is 0. The Bertz CT molecular complexity index is 284. The zero-order valence-corrected chi connectivity index (χ0v) is 9.24. The summed E-state index contributed by atoms with van der Waals surface area (Å²) in [7, 11) is 3.85. The van der Waals surface area contributed by atoms with Crippen LogP contribution < -0.4 is 5.32 Å². The van der Waals surface area contributed by atoms with Gasteiger partial charge >= 0.3 is 0 Å². The van der Waals surface area contributed by atoms with Gasteiger partial charge in [-0.25, -0.2) is 0 Å². The molecule has 1 aromatic heterocycles. The molecule has 0 aliphatic heterocycles. The van der Waals surface area contributed by atoms with Crippen molar-refractivity contribution in [3.8, 4) is 0 Å². The Balaban J connectivity index is 2.41. The molecular weight excluding hydrogens is 180 g/mol. The summed E-state index contributed by atoms with van der Waals surface area (Å²) in [5.41, 5.74) is 0. The van der Waals surface area contributed by atoms with Gasteiger partial charge < -0.3 is 14.6 Å². The second-order valence-electron chi connectivity index (χ2n) is 3.40. The average molecular weight is 198 g/mol. The molecule has 0 bridgehead atoms. The number of aromatic nitrogens is 3. The minimum atomic E-state index is 0.192. The Morgan fingerprint density at radius 1 is 1.50 bits per heavy atom. The fraction of sp³-hybridized carbons (Fsp3) is 0.778. The van der Waals surface area contributed by atoms with Crippen LogP contribution in [0.5, 0.6) is 0 Å². The van der Waals surface area contributed by atoms with Gasteiger partial charge in [0.05, 0.1) is 6.10 Å². The molecular formula is C9H18N4O. The maximum Gasteiger partial charge on any atom is 0.158 e. The van der Waals surface area contributed by atoms with Crippen molar-refractivity contribution in [3.05, 3.63) is 11.6 Å². The van der Waals surface area contributed by atoms with E-state index in [1.54, 1.807) is 0 Å². The van der Waals surface area contributed by atoms with E-state index in [1.165, 1.54) is 0 Å². The topological polar surface area (TPSA) is 52.0 Å². The molecule has 0 aliphatic rings. The highest BCUT2D eigenvalue weighted by Crippen LogP contribution is 2.01. The standard InChI is InChI=1S/C9H18N4O/c1-7(5-10-3)14-6-9-12-11-8(2)13(9)4/h7,10H,5-6H2,1-4H3. The van der Waals surface area contributed by atoms with Crippen LogP contribution in [-0.2, 0) is 18.4 Å². The number of aryl methyl sites for hydroxylation is 1. The van der Waals surface area contributed by atoms with Crippen molar-refractivity contribution < 1.29 is 4.74 Å². The molecule has 1 unspecified atom stereocenters. The number of rotatable bonds is 5. The lowest BCUT2D eigenvalue weighted by Crippen LogP contribution is -2.23. The lowest BCUT2D eigenvalue weighted by molar-refractivity contribution is 0.0489. The number of nitrogens with zero attached hydrogens (tertiary/aromatic N) is 3. The van der Waals surface area contributed by atoms with Crippen LogP contribution in [0.4, 0.5) is 0 Å². The molecule has 0 amide bonds. The summed E-state index contributed by atoms with van der Waals surface area (Å²) in [6.07, 6.45) is 0.192. The highest BCUT2D eigenvalue weighted by molar-refractivity contribution is 4.90. The van der Waals surface area contributed by atoms with Gasteiger partial charge in [-0.3, -0.25) is 0 Å². The molecule has 0 spiro atoms. The first-order valence-corrected chi connectivity index (χ1v) is 4.76. The normalized spacial score (nSPS) is 13.1. The summed E-state index contributed by atoms with van der Waals surface area (Å²) in [6.45, 7) is 5.31. The van der Waals surface area contributed by atoms with Crippen LogP contribution in [0.2, 0.25) is 0 Å². The summed E-state index contributed by atoms with van der Waals surface area (Å²) < 4.78 is 7.51. The lowest BCUT2D eigenvalue weighted by Gasteiger charge is -2.11. The Kier molecular flexibility index (Phi) is 4.03. The molecule has 14 heavy (non-hydrogen) atoms. The first-order chi connectivity index (χ1) is 6.65. The first kappa shape index (κ1) is 11.1. The van der Waals surface area contributed by atoms with Gasteiger partial charge in [0.2, 0.25) is 0 Å². The van der Waals surface area contributed by atoms with Gasteiger partial charge in [-0.1, -0.05) is 0 Å². The maximum absolute atomic E-state index is 5.58. The van der Waals surface area contributed by atoms with Crippen LogP contribution in [0.3, 0.4) is 0 Å². The lowest BCUT2D eigenvalue weighted by atomic mass is 10.4. The van der Waals surface area contributed by atoms with Crippen molar-refractivity contribution in [2.24, 2.45) is 7.05 Å². The average Bonchev–Trinajstić information content (AvgIpc) is 2.46. The highest BCUT2D eigenvalue weighted by Gasteiger charge is 2.07. The Morgan fingerprint density at radius 3 is 2.71 bits per heavy atom. The number of likely N-dealkylation sites (N-methyl/N-ethyl adjacent to an activating group) is 1. The van der Waals surface area contributed by atoms with Crippen molar-refractivity contribution in [1.82, 2.24) is 20.1 Å². The van der Waals surface area contributed by atoms with E-state index >= 15 is 0 Å². The SMILES string of the molecule is CNCC(C)OCc1nnc(C)n1C. The van der Waals surface area contributed by atoms with Crippen LogP contribution >= 0.6 is 0 Å². The molecule has 5 nitrogen and oxygen atoms in total. The van der Waals surface area contributed by atoms with Gasteiger partial charge in [0, 0.05) is 13.6 Å². The molecule has 0 aromatic carbocycles. The molecule has 0 radical (unpaired) electrons. The predicted octanol–water partition coefficient (Wildman–Crippen LogP) is 0.248. The molecule has 1 N–H and O–H groups in total. The molecule has 1 rings (SSSR count). The Morgan fingerprint density at radius 2 is 2.21 bits per heavy atom. The molecule has 5 heteroatoms. The molecule has 0 saturated heterocycles. The van der Waals surface area contributed by atoms with Crippen molar-refractivity contribution in [1.29, 1.82) is 0 Å². The zero-order valence-electron chi connectivity index (χ0n) is 9.24. The number of nitrogens with one attached hydrogen (secondary N) is 1. The van der Waals surface area contributed by atoms with E-state index in [2.05, 4.69) is 15.5 Å². The van der Waals surface area contributed by atoms with Crippen molar-refractivity contribution in [3.63, 3.8) is 0 Å². The first-order valence-electron chi connectivity index (χ1n) is 4.76. The van der Waals surface area contributed by atoms with Crippen LogP contribution in [-0.4, -0.2) is 34.5 Å². The van der Waals surface area contributed by atoms with Gasteiger partial charge in [0.1, 0.15) is 12.4 Å². The number of hydrogen-bond acceptors (Lipinski definition) is 4. The monoisotopic (exact) mass is 198 g/mol. The third-order valence-electron chi connectivity index (χ3n) is 2.17. The fourth-order valence-electron chi connectivity index (χ4n) is 1.14. The van der Waals surface area contributed by atoms with E-state index in [9.17, 15) is 0 Å². The fourth-order valence-corrected chi connectivity index (χ4v) is 1.14. The Hall–Kier alpha value is -0.940. The molecule has 0 fully saturated rings. The maximum atomic E-state index is 5.58. The third-order valence-corrected chi connectivity index (χ3v) is 2.17. The van der Waals surface area contributed by atoms with E-state index in [0.29, 0.717) is 6.61 Å². The van der Waals surface area contributed by atoms with E-state index in [-0.39, 0.29) is 6.10 Å². The molecule has 0 saturated carbocycles. The number of ether oxygens (including phenoxy) is 1. The van der Waals surface area contributed by atoms with Crippen LogP contribution in [0, 0.1) is 6.92 Å². The zero-order chi connectivity index (χ0) is 10.6. The third kappa shape index (κ3) is 2.78. The van der Waals surface area contributed by atoms with Crippen LogP contribution in [0.15, 0.2) is 0 Å². The smallest absolute Gasteiger partial charge is 0.158 e. The van der Waals surface area contributed by atoms with Gasteiger partial charge in [0.15, 0.2) is 5.82 Å². The largest absolute Gasteiger partial charge is 0.369 e. The minimum absolute atomic E-state index is 0.192. The minimum Gasteiger partial charge on any atom is -0.369 e. The quantitative estimate of drug-likeness (QED) is 0.736. The van der Waals surface area contributed by atoms with Gasteiger partial charge in [-0.05, 0) is 20.9 Å². The Labute approximate surface area is 84.5 Å². The van der Waals surface area contributed by atoms with Crippen molar-refractivity contribution in [2.75, 3.05) is 13.6 Å². The summed E-state index contributed by atoms with van der Waals surface area (Å²) in [6, 6.07) is 0. The predicted molar refractivity (Wildman–Crippen MR) is 53.9 cm³/mol.